The molecule has 6 nitrogen and oxygen atoms in total. The van der Waals surface area contributed by atoms with E-state index in [1.165, 1.54) is 13.3 Å². The number of hydrogen-bond donors (Lipinski definition) is 1. The van der Waals surface area contributed by atoms with E-state index in [0.717, 1.165) is 17.9 Å². The predicted octanol–water partition coefficient (Wildman–Crippen LogP) is 2.54. The molecule has 4 atom stereocenters. The number of fused-ring (bicyclic) bond motifs is 1. The summed E-state index contributed by atoms with van der Waals surface area (Å²) in [5.74, 6) is -0.240. The van der Waals surface area contributed by atoms with E-state index < -0.39 is 0 Å². The smallest absolute Gasteiger partial charge is 0.254 e. The lowest BCUT2D eigenvalue weighted by Gasteiger charge is -2.37. The van der Waals surface area contributed by atoms with Crippen molar-refractivity contribution in [3.05, 3.63) is 33.4 Å². The van der Waals surface area contributed by atoms with Crippen LogP contribution < -0.4 is 4.74 Å². The number of halogens is 1. The van der Waals surface area contributed by atoms with E-state index in [2.05, 4.69) is 17.3 Å². The van der Waals surface area contributed by atoms with Gasteiger partial charge in [0, 0.05) is 0 Å². The first-order valence-electron chi connectivity index (χ1n) is 8.18. The van der Waals surface area contributed by atoms with Gasteiger partial charge in [0.2, 0.25) is 0 Å². The number of hydrazone groups is 1. The molecule has 1 aromatic rings. The molecule has 0 radical (unpaired) electrons. The number of rotatable bonds is 3. The van der Waals surface area contributed by atoms with Gasteiger partial charge in [0.05, 0.1) is 28.7 Å². The SMILES string of the molecule is COc1cc(/C=N\N2C(=O)[C@@H]3[C@H](C2=O)[C@@H]2C=C[C@H]3CC2)cc(I)c1O. The summed E-state index contributed by atoms with van der Waals surface area (Å²) in [4.78, 5) is 25.4. The van der Waals surface area contributed by atoms with Gasteiger partial charge in [0.25, 0.3) is 11.8 Å². The van der Waals surface area contributed by atoms with Gasteiger partial charge in [-0.15, -0.1) is 0 Å². The van der Waals surface area contributed by atoms with Gasteiger partial charge in [-0.25, -0.2) is 0 Å². The van der Waals surface area contributed by atoms with Crippen molar-refractivity contribution in [2.24, 2.45) is 28.8 Å². The van der Waals surface area contributed by atoms with Crippen LogP contribution in [-0.4, -0.2) is 35.3 Å². The molecule has 1 aromatic carbocycles. The van der Waals surface area contributed by atoms with Crippen LogP contribution in [0.1, 0.15) is 18.4 Å². The number of ether oxygens (including phenoxy) is 1. The highest BCUT2D eigenvalue weighted by Gasteiger charge is 2.56. The first kappa shape index (κ1) is 16.6. The Morgan fingerprint density at radius 3 is 2.32 bits per heavy atom. The fourth-order valence-corrected chi connectivity index (χ4v) is 4.75. The zero-order valence-electron chi connectivity index (χ0n) is 13.6. The maximum atomic E-state index is 12.7. The maximum Gasteiger partial charge on any atom is 0.254 e. The molecule has 1 saturated carbocycles. The number of amides is 2. The van der Waals surface area contributed by atoms with Crippen LogP contribution in [-0.2, 0) is 9.59 Å². The van der Waals surface area contributed by atoms with Crippen LogP contribution in [0.3, 0.4) is 0 Å². The third kappa shape index (κ3) is 2.56. The molecule has 130 valence electrons. The number of methoxy groups -OCH3 is 1. The summed E-state index contributed by atoms with van der Waals surface area (Å²) < 4.78 is 5.73. The standard InChI is InChI=1S/C18H17IN2O4/c1-25-13-7-9(6-12(19)16(13)22)8-20-21-17(23)14-10-2-3-11(5-4-10)15(14)18(21)24/h2-3,6-8,10-11,14-15,22H,4-5H2,1H3/b20-8-/t10-,11+,14-,15+. The second kappa shape index (κ2) is 6.12. The van der Waals surface area contributed by atoms with Crippen molar-refractivity contribution in [1.82, 2.24) is 5.01 Å². The molecule has 2 bridgehead atoms. The van der Waals surface area contributed by atoms with Crippen LogP contribution in [0.2, 0.25) is 0 Å². The molecule has 2 amide bonds. The van der Waals surface area contributed by atoms with E-state index >= 15 is 0 Å². The summed E-state index contributed by atoms with van der Waals surface area (Å²) in [6, 6.07) is 3.33. The Bertz CT molecular complexity index is 788. The molecule has 1 saturated heterocycles. The van der Waals surface area contributed by atoms with Crippen LogP contribution in [0, 0.1) is 27.2 Å². The highest BCUT2D eigenvalue weighted by Crippen LogP contribution is 2.49. The van der Waals surface area contributed by atoms with Gasteiger partial charge in [-0.3, -0.25) is 9.59 Å². The number of hydrogen-bond acceptors (Lipinski definition) is 5. The number of aromatic hydroxyl groups is 1. The summed E-state index contributed by atoms with van der Waals surface area (Å²) in [5.41, 5.74) is 0.649. The number of phenols is 1. The minimum Gasteiger partial charge on any atom is -0.504 e. The molecule has 1 aliphatic heterocycles. The van der Waals surface area contributed by atoms with Crippen molar-refractivity contribution < 1.29 is 19.4 Å². The lowest BCUT2D eigenvalue weighted by molar-refractivity contribution is -0.140. The Kier molecular flexibility index (Phi) is 4.05. The van der Waals surface area contributed by atoms with Crippen LogP contribution in [0.15, 0.2) is 29.4 Å². The molecule has 0 spiro atoms. The largest absolute Gasteiger partial charge is 0.504 e. The number of carbonyl (C=O) groups excluding carboxylic acids is 2. The van der Waals surface area contributed by atoms with Crippen molar-refractivity contribution in [2.45, 2.75) is 12.8 Å². The molecule has 1 heterocycles. The Labute approximate surface area is 158 Å². The number of nitrogens with zero attached hydrogens (tertiary/aromatic N) is 2. The van der Waals surface area contributed by atoms with Crippen LogP contribution in [0.5, 0.6) is 11.5 Å². The molecule has 2 fully saturated rings. The predicted molar refractivity (Wildman–Crippen MR) is 99.2 cm³/mol. The summed E-state index contributed by atoms with van der Waals surface area (Å²) in [6.07, 6.45) is 7.56. The van der Waals surface area contributed by atoms with Gasteiger partial charge in [-0.05, 0) is 65.0 Å². The Morgan fingerprint density at radius 2 is 1.80 bits per heavy atom. The molecule has 0 unspecified atom stereocenters. The minimum atomic E-state index is -0.261. The van der Waals surface area contributed by atoms with E-state index in [4.69, 9.17) is 4.74 Å². The fourth-order valence-electron chi connectivity index (χ4n) is 4.12. The molecule has 1 N–H and O–H groups in total. The number of benzene rings is 1. The first-order valence-corrected chi connectivity index (χ1v) is 9.25. The van der Waals surface area contributed by atoms with Crippen LogP contribution in [0.25, 0.3) is 0 Å². The zero-order valence-corrected chi connectivity index (χ0v) is 15.7. The van der Waals surface area contributed by atoms with Crippen molar-refractivity contribution in [3.63, 3.8) is 0 Å². The monoisotopic (exact) mass is 452 g/mol. The molecular weight excluding hydrogens is 435 g/mol. The zero-order chi connectivity index (χ0) is 17.7. The Morgan fingerprint density at radius 1 is 1.20 bits per heavy atom. The Balaban J connectivity index is 1.62. The molecule has 0 aromatic heterocycles. The number of imide groups is 1. The quantitative estimate of drug-likeness (QED) is 0.331. The summed E-state index contributed by atoms with van der Waals surface area (Å²) >= 11 is 1.99. The Hall–Kier alpha value is -1.90. The van der Waals surface area contributed by atoms with E-state index in [1.807, 2.05) is 22.6 Å². The van der Waals surface area contributed by atoms with Gasteiger partial charge in [-0.1, -0.05) is 12.2 Å². The van der Waals surface area contributed by atoms with Crippen LogP contribution in [0.4, 0.5) is 0 Å². The molecule has 5 rings (SSSR count). The summed E-state index contributed by atoms with van der Waals surface area (Å²) in [6.45, 7) is 0. The van der Waals surface area contributed by atoms with E-state index in [-0.39, 0.29) is 41.2 Å². The van der Waals surface area contributed by atoms with E-state index in [1.54, 1.807) is 12.1 Å². The lowest BCUT2D eigenvalue weighted by atomic mass is 9.63. The summed E-state index contributed by atoms with van der Waals surface area (Å²) in [7, 11) is 1.47. The average molecular weight is 452 g/mol. The van der Waals surface area contributed by atoms with Gasteiger partial charge in [0.15, 0.2) is 11.5 Å². The molecule has 3 aliphatic carbocycles. The third-order valence-electron chi connectivity index (χ3n) is 5.33. The third-order valence-corrected chi connectivity index (χ3v) is 6.15. The fraction of sp³-hybridized carbons (Fsp3) is 0.389. The molecule has 4 aliphatic rings. The number of phenolic OH excluding ortho intramolecular Hbond substituents is 1. The highest BCUT2D eigenvalue weighted by atomic mass is 127. The normalized spacial score (nSPS) is 30.4. The average Bonchev–Trinajstić information content (AvgIpc) is 2.90. The number of allylic oxidation sites excluding steroid dienone is 2. The van der Waals surface area contributed by atoms with Crippen molar-refractivity contribution in [2.75, 3.05) is 7.11 Å². The lowest BCUT2D eigenvalue weighted by Crippen LogP contribution is -2.38. The second-order valence-corrected chi connectivity index (χ2v) is 7.79. The topological polar surface area (TPSA) is 79.2 Å². The van der Waals surface area contributed by atoms with E-state index in [0.29, 0.717) is 14.9 Å². The highest BCUT2D eigenvalue weighted by molar-refractivity contribution is 14.1. The maximum absolute atomic E-state index is 12.7. The summed E-state index contributed by atoms with van der Waals surface area (Å²) in [5, 5.41) is 15.1. The van der Waals surface area contributed by atoms with Crippen molar-refractivity contribution >= 4 is 40.6 Å². The van der Waals surface area contributed by atoms with Crippen molar-refractivity contribution in [1.29, 1.82) is 0 Å². The van der Waals surface area contributed by atoms with Gasteiger partial charge in [-0.2, -0.15) is 10.1 Å². The van der Waals surface area contributed by atoms with Gasteiger partial charge >= 0.3 is 0 Å². The van der Waals surface area contributed by atoms with E-state index in [9.17, 15) is 14.7 Å². The molecular formula is C18H17IN2O4. The second-order valence-electron chi connectivity index (χ2n) is 6.63. The molecule has 25 heavy (non-hydrogen) atoms. The minimum absolute atomic E-state index is 0.0576. The van der Waals surface area contributed by atoms with Crippen molar-refractivity contribution in [3.8, 4) is 11.5 Å². The first-order chi connectivity index (χ1) is 12.0. The van der Waals surface area contributed by atoms with Crippen LogP contribution >= 0.6 is 22.6 Å². The molecule has 7 heteroatoms. The number of carbonyl (C=O) groups is 2. The van der Waals surface area contributed by atoms with Gasteiger partial charge in [0.1, 0.15) is 0 Å². The van der Waals surface area contributed by atoms with Gasteiger partial charge < -0.3 is 9.84 Å².